The highest BCUT2D eigenvalue weighted by atomic mass is 19.4. The van der Waals surface area contributed by atoms with E-state index < -0.39 is 43.3 Å². The minimum absolute atomic E-state index is 0.0670. The number of nitrogens with zero attached hydrogens (tertiary/aromatic N) is 6. The number of hydrogen-bond acceptors (Lipinski definition) is 11. The van der Waals surface area contributed by atoms with Gasteiger partial charge in [-0.1, -0.05) is 60.7 Å². The van der Waals surface area contributed by atoms with Gasteiger partial charge in [0.1, 0.15) is 12.2 Å². The number of aromatic nitrogens is 4. The third kappa shape index (κ3) is 6.74. The summed E-state index contributed by atoms with van der Waals surface area (Å²) in [5, 5.41) is 23.9. The topological polar surface area (TPSA) is 138 Å². The molecule has 2 aliphatic heterocycles. The second-order valence-corrected chi connectivity index (χ2v) is 11.9. The molecule has 5 atom stereocenters. The van der Waals surface area contributed by atoms with E-state index in [0.29, 0.717) is 36.9 Å². The first-order chi connectivity index (χ1) is 22.5. The maximum atomic E-state index is 13.2. The van der Waals surface area contributed by atoms with Gasteiger partial charge in [0.25, 0.3) is 0 Å². The number of benzene rings is 2. The molecule has 4 heterocycles. The first kappa shape index (κ1) is 32.6. The van der Waals surface area contributed by atoms with Crippen LogP contribution in [0.15, 0.2) is 67.0 Å². The molecule has 250 valence electrons. The second-order valence-electron chi connectivity index (χ2n) is 11.9. The number of nitrogens with one attached hydrogen (secondary N) is 1. The van der Waals surface area contributed by atoms with E-state index in [4.69, 9.17) is 19.4 Å². The molecule has 0 bridgehead atoms. The Labute approximate surface area is 268 Å². The summed E-state index contributed by atoms with van der Waals surface area (Å²) in [7, 11) is 3.99. The zero-order valence-corrected chi connectivity index (χ0v) is 25.8. The summed E-state index contributed by atoms with van der Waals surface area (Å²) in [6, 6.07) is 20.2. The molecule has 2 fully saturated rings. The van der Waals surface area contributed by atoms with Gasteiger partial charge in [0, 0.05) is 31.6 Å². The van der Waals surface area contributed by atoms with Crippen LogP contribution < -0.4 is 10.2 Å². The largest absolute Gasteiger partial charge is 0.490 e. The number of carbonyl (C=O) groups is 1. The summed E-state index contributed by atoms with van der Waals surface area (Å²) in [4.78, 5) is 30.1. The average Bonchev–Trinajstić information content (AvgIpc) is 3.80. The number of likely N-dealkylation sites (N-methyl/N-ethyl adjacent to an activating group) is 1. The predicted molar refractivity (Wildman–Crippen MR) is 166 cm³/mol. The van der Waals surface area contributed by atoms with Gasteiger partial charge in [-0.05, 0) is 31.6 Å². The minimum Gasteiger partial charge on any atom is -0.448 e. The molecule has 15 heteroatoms. The lowest BCUT2D eigenvalue weighted by molar-refractivity contribution is -0.211. The molecular formula is C32H36F3N7O5. The van der Waals surface area contributed by atoms with Crippen molar-refractivity contribution in [3.05, 3.63) is 78.1 Å². The van der Waals surface area contributed by atoms with E-state index in [1.54, 1.807) is 0 Å². The third-order valence-electron chi connectivity index (χ3n) is 8.71. The van der Waals surface area contributed by atoms with Gasteiger partial charge in [-0.2, -0.15) is 23.1 Å². The molecule has 0 unspecified atom stereocenters. The summed E-state index contributed by atoms with van der Waals surface area (Å²) in [5.41, 5.74) is 2.63. The molecule has 2 saturated heterocycles. The van der Waals surface area contributed by atoms with Crippen LogP contribution in [0.2, 0.25) is 0 Å². The minimum atomic E-state index is -5.31. The van der Waals surface area contributed by atoms with Crippen molar-refractivity contribution in [2.45, 2.75) is 49.1 Å². The number of aliphatic hydroxyl groups excluding tert-OH is 2. The fourth-order valence-electron chi connectivity index (χ4n) is 6.11. The summed E-state index contributed by atoms with van der Waals surface area (Å²) in [5.74, 6) is -1.81. The zero-order valence-electron chi connectivity index (χ0n) is 25.8. The van der Waals surface area contributed by atoms with Gasteiger partial charge in [-0.15, -0.1) is 0 Å². The van der Waals surface area contributed by atoms with Gasteiger partial charge in [0.15, 0.2) is 29.3 Å². The van der Waals surface area contributed by atoms with E-state index in [-0.39, 0.29) is 17.6 Å². The Morgan fingerprint density at radius 3 is 2.34 bits per heavy atom. The van der Waals surface area contributed by atoms with Crippen molar-refractivity contribution in [2.75, 3.05) is 50.6 Å². The number of ether oxygens (including phenoxy) is 2. The number of imidazole rings is 1. The van der Waals surface area contributed by atoms with E-state index in [0.717, 1.165) is 17.5 Å². The zero-order chi connectivity index (χ0) is 33.3. The van der Waals surface area contributed by atoms with Crippen LogP contribution in [0.25, 0.3) is 11.2 Å². The van der Waals surface area contributed by atoms with Crippen LogP contribution in [-0.2, 0) is 14.3 Å². The summed E-state index contributed by atoms with van der Waals surface area (Å²) in [6.45, 7) is 0.997. The van der Waals surface area contributed by atoms with Crippen LogP contribution in [0.1, 0.15) is 29.7 Å². The standard InChI is InChI=1S/C32H36F3N7O5/c1-40(2)21-13-14-41(16-21)31-38-27(36-15-22(19-9-5-3-6-10-19)20-11-7-4-8-12-20)24-28(39-31)42(18-37-24)29-26(25(44)23(17-43)46-29)47-30(45)32(33,34)35/h3-12,18,21-23,25-26,29,43-44H,13-17H2,1-2H3,(H,36,38,39)/t21-,23-,25-,26-,29-/m1/s1. The summed E-state index contributed by atoms with van der Waals surface area (Å²) < 4.78 is 51.3. The number of esters is 1. The Bertz CT molecular complexity index is 1630. The Hall–Kier alpha value is -4.31. The van der Waals surface area contributed by atoms with Crippen molar-refractivity contribution in [1.29, 1.82) is 0 Å². The first-order valence-corrected chi connectivity index (χ1v) is 15.3. The molecule has 4 aromatic rings. The lowest BCUT2D eigenvalue weighted by Crippen LogP contribution is -2.40. The molecule has 47 heavy (non-hydrogen) atoms. The van der Waals surface area contributed by atoms with E-state index in [9.17, 15) is 28.2 Å². The highest BCUT2D eigenvalue weighted by Gasteiger charge is 2.51. The van der Waals surface area contributed by atoms with E-state index in [1.165, 1.54) is 10.9 Å². The maximum absolute atomic E-state index is 13.2. The first-order valence-electron chi connectivity index (χ1n) is 15.3. The van der Waals surface area contributed by atoms with Crippen LogP contribution in [0.4, 0.5) is 24.9 Å². The van der Waals surface area contributed by atoms with Gasteiger partial charge in [-0.25, -0.2) is 9.78 Å². The van der Waals surface area contributed by atoms with Crippen LogP contribution in [0, 0.1) is 0 Å². The fraction of sp³-hybridized carbons (Fsp3) is 0.438. The van der Waals surface area contributed by atoms with Crippen LogP contribution in [0.3, 0.4) is 0 Å². The maximum Gasteiger partial charge on any atom is 0.490 e. The Morgan fingerprint density at radius 2 is 1.77 bits per heavy atom. The molecule has 2 aromatic carbocycles. The van der Waals surface area contributed by atoms with Crippen molar-refractivity contribution < 1.29 is 37.7 Å². The molecule has 0 saturated carbocycles. The Balaban J connectivity index is 1.40. The number of carbonyl (C=O) groups excluding carboxylic acids is 1. The number of aliphatic hydroxyl groups is 2. The number of fused-ring (bicyclic) bond motifs is 1. The van der Waals surface area contributed by atoms with Crippen molar-refractivity contribution in [1.82, 2.24) is 24.4 Å². The number of alkyl halides is 3. The normalized spacial score (nSPS) is 23.3. The van der Waals surface area contributed by atoms with E-state index in [2.05, 4.69) is 15.2 Å². The average molecular weight is 656 g/mol. The third-order valence-corrected chi connectivity index (χ3v) is 8.71. The van der Waals surface area contributed by atoms with Crippen molar-refractivity contribution in [2.24, 2.45) is 0 Å². The molecule has 0 radical (unpaired) electrons. The summed E-state index contributed by atoms with van der Waals surface area (Å²) in [6.07, 6.45) is -9.49. The molecule has 12 nitrogen and oxygen atoms in total. The van der Waals surface area contributed by atoms with Crippen LogP contribution in [0.5, 0.6) is 0 Å². The van der Waals surface area contributed by atoms with Gasteiger partial charge < -0.3 is 34.8 Å². The fourth-order valence-corrected chi connectivity index (χ4v) is 6.11. The lowest BCUT2D eigenvalue weighted by Gasteiger charge is -2.24. The highest BCUT2D eigenvalue weighted by molar-refractivity contribution is 5.84. The number of rotatable bonds is 10. The number of anilines is 2. The Kier molecular flexibility index (Phi) is 9.32. The molecule has 0 spiro atoms. The lowest BCUT2D eigenvalue weighted by atomic mass is 9.91. The van der Waals surface area contributed by atoms with Gasteiger partial charge in [0.05, 0.1) is 12.9 Å². The van der Waals surface area contributed by atoms with E-state index >= 15 is 0 Å². The molecule has 2 aromatic heterocycles. The number of halogens is 3. The van der Waals surface area contributed by atoms with Crippen LogP contribution in [-0.4, -0.2) is 111 Å². The van der Waals surface area contributed by atoms with Crippen molar-refractivity contribution >= 4 is 28.9 Å². The van der Waals surface area contributed by atoms with Crippen LogP contribution >= 0.6 is 0 Å². The predicted octanol–water partition coefficient (Wildman–Crippen LogP) is 2.94. The quantitative estimate of drug-likeness (QED) is 0.218. The van der Waals surface area contributed by atoms with Crippen molar-refractivity contribution in [3.63, 3.8) is 0 Å². The van der Waals surface area contributed by atoms with Gasteiger partial charge >= 0.3 is 12.1 Å². The highest BCUT2D eigenvalue weighted by Crippen LogP contribution is 2.37. The molecule has 6 rings (SSSR count). The van der Waals surface area contributed by atoms with Crippen molar-refractivity contribution in [3.8, 4) is 0 Å². The second kappa shape index (κ2) is 13.4. The Morgan fingerprint density at radius 1 is 1.11 bits per heavy atom. The molecule has 2 aliphatic rings. The van der Waals surface area contributed by atoms with Gasteiger partial charge in [-0.3, -0.25) is 4.57 Å². The monoisotopic (exact) mass is 655 g/mol. The van der Waals surface area contributed by atoms with E-state index in [1.807, 2.05) is 79.7 Å². The molecule has 0 amide bonds. The smallest absolute Gasteiger partial charge is 0.448 e. The summed E-state index contributed by atoms with van der Waals surface area (Å²) >= 11 is 0. The van der Waals surface area contributed by atoms with Gasteiger partial charge in [0.2, 0.25) is 5.95 Å². The molecule has 0 aliphatic carbocycles. The molecule has 3 N–H and O–H groups in total. The molecular weight excluding hydrogens is 619 g/mol. The number of hydrogen-bond donors (Lipinski definition) is 3. The SMILES string of the molecule is CN(C)[C@@H]1CCN(c2nc(NCC(c3ccccc3)c3ccccc3)c3ncn([C@@H]4O[C@H](CO)[C@@H](O)[C@H]4OC(=O)C(F)(F)F)c3n2)C1.